The Labute approximate surface area is 141 Å². The van der Waals surface area contributed by atoms with E-state index in [1.807, 2.05) is 0 Å². The minimum Gasteiger partial charge on any atom is -0.354 e. The van der Waals surface area contributed by atoms with Crippen molar-refractivity contribution in [3.05, 3.63) is 30.1 Å². The Morgan fingerprint density at radius 2 is 2.25 bits per heavy atom. The smallest absolute Gasteiger partial charge is 0.222 e. The summed E-state index contributed by atoms with van der Waals surface area (Å²) in [5.74, 6) is 0.558. The van der Waals surface area contributed by atoms with E-state index in [0.717, 1.165) is 38.0 Å². The zero-order chi connectivity index (χ0) is 17.0. The highest BCUT2D eigenvalue weighted by atomic mass is 32.2. The highest BCUT2D eigenvalue weighted by Gasteiger charge is 2.25. The van der Waals surface area contributed by atoms with E-state index in [1.165, 1.54) is 12.5 Å². The molecule has 8 nitrogen and oxygen atoms in total. The Morgan fingerprint density at radius 3 is 2.92 bits per heavy atom. The lowest BCUT2D eigenvalue weighted by Crippen LogP contribution is -2.30. The molecule has 0 aliphatic carbocycles. The van der Waals surface area contributed by atoms with Crippen LogP contribution < -0.4 is 10.6 Å². The number of imidazole rings is 1. The normalized spacial score (nSPS) is 18.5. The van der Waals surface area contributed by atoms with Crippen LogP contribution in [0.4, 0.5) is 5.95 Å². The molecule has 0 spiro atoms. The van der Waals surface area contributed by atoms with Gasteiger partial charge in [-0.15, -0.1) is 0 Å². The standard InChI is InChI=1S/C15H22N6O2S/c1-24(22,23)13-9-19-15(18-6-4-12-8-17-10-20-12)21-14(13)11-3-2-5-16-7-11/h8-11,16H,2-7H2,1H3,(H,17,20)(H,18,19,21). The van der Waals surface area contributed by atoms with Crippen LogP contribution in [0.15, 0.2) is 23.6 Å². The zero-order valence-electron chi connectivity index (χ0n) is 13.6. The number of sulfone groups is 1. The summed E-state index contributed by atoms with van der Waals surface area (Å²) in [6.07, 6.45) is 8.75. The van der Waals surface area contributed by atoms with Gasteiger partial charge in [-0.25, -0.2) is 23.4 Å². The summed E-state index contributed by atoms with van der Waals surface area (Å²) >= 11 is 0. The van der Waals surface area contributed by atoms with Crippen molar-refractivity contribution in [2.75, 3.05) is 31.2 Å². The molecule has 0 amide bonds. The van der Waals surface area contributed by atoms with Crippen molar-refractivity contribution in [1.82, 2.24) is 25.3 Å². The van der Waals surface area contributed by atoms with Gasteiger partial charge in [0, 0.05) is 43.6 Å². The molecule has 1 aliphatic rings. The molecular weight excluding hydrogens is 328 g/mol. The van der Waals surface area contributed by atoms with Gasteiger partial charge in [-0.05, 0) is 19.4 Å². The van der Waals surface area contributed by atoms with Gasteiger partial charge in [0.05, 0.1) is 18.2 Å². The van der Waals surface area contributed by atoms with Crippen LogP contribution in [-0.2, 0) is 16.3 Å². The van der Waals surface area contributed by atoms with E-state index in [-0.39, 0.29) is 10.8 Å². The lowest BCUT2D eigenvalue weighted by Gasteiger charge is -2.24. The number of nitrogens with zero attached hydrogens (tertiary/aromatic N) is 3. The summed E-state index contributed by atoms with van der Waals surface area (Å²) in [6.45, 7) is 2.35. The molecule has 0 radical (unpaired) electrons. The highest BCUT2D eigenvalue weighted by Crippen LogP contribution is 2.27. The van der Waals surface area contributed by atoms with Gasteiger partial charge in [-0.1, -0.05) is 0 Å². The van der Waals surface area contributed by atoms with Crippen molar-refractivity contribution in [1.29, 1.82) is 0 Å². The van der Waals surface area contributed by atoms with Crippen molar-refractivity contribution in [3.63, 3.8) is 0 Å². The van der Waals surface area contributed by atoms with E-state index in [1.54, 1.807) is 12.5 Å². The van der Waals surface area contributed by atoms with E-state index in [4.69, 9.17) is 0 Å². The quantitative estimate of drug-likeness (QED) is 0.704. The fourth-order valence-electron chi connectivity index (χ4n) is 2.86. The van der Waals surface area contributed by atoms with Gasteiger partial charge in [-0.3, -0.25) is 0 Å². The van der Waals surface area contributed by atoms with Gasteiger partial charge in [0.2, 0.25) is 5.95 Å². The number of rotatable bonds is 6. The summed E-state index contributed by atoms with van der Waals surface area (Å²) < 4.78 is 24.1. The van der Waals surface area contributed by atoms with Crippen LogP contribution in [-0.4, -0.2) is 54.2 Å². The fourth-order valence-corrected chi connectivity index (χ4v) is 3.70. The predicted molar refractivity (Wildman–Crippen MR) is 90.8 cm³/mol. The summed E-state index contributed by atoms with van der Waals surface area (Å²) in [5, 5.41) is 6.46. The van der Waals surface area contributed by atoms with Crippen LogP contribution in [0.3, 0.4) is 0 Å². The van der Waals surface area contributed by atoms with E-state index >= 15 is 0 Å². The monoisotopic (exact) mass is 350 g/mol. The second-order valence-corrected chi connectivity index (χ2v) is 8.00. The zero-order valence-corrected chi connectivity index (χ0v) is 14.4. The van der Waals surface area contributed by atoms with Crippen LogP contribution in [0.2, 0.25) is 0 Å². The largest absolute Gasteiger partial charge is 0.354 e. The molecule has 1 atom stereocenters. The summed E-state index contributed by atoms with van der Waals surface area (Å²) in [5.41, 5.74) is 1.63. The molecule has 1 saturated heterocycles. The lowest BCUT2D eigenvalue weighted by molar-refractivity contribution is 0.448. The van der Waals surface area contributed by atoms with Crippen LogP contribution >= 0.6 is 0 Å². The summed E-state index contributed by atoms with van der Waals surface area (Å²) in [7, 11) is -3.35. The van der Waals surface area contributed by atoms with E-state index in [2.05, 4.69) is 30.6 Å². The molecule has 9 heteroatoms. The fraction of sp³-hybridized carbons (Fsp3) is 0.533. The molecular formula is C15H22N6O2S. The maximum absolute atomic E-state index is 12.0. The van der Waals surface area contributed by atoms with Crippen LogP contribution in [0, 0.1) is 0 Å². The van der Waals surface area contributed by atoms with Gasteiger partial charge in [-0.2, -0.15) is 0 Å². The molecule has 2 aromatic rings. The Kier molecular flexibility index (Phi) is 5.10. The Hall–Kier alpha value is -2.00. The number of hydrogen-bond donors (Lipinski definition) is 3. The highest BCUT2D eigenvalue weighted by molar-refractivity contribution is 7.90. The van der Waals surface area contributed by atoms with E-state index in [9.17, 15) is 8.42 Å². The first-order valence-electron chi connectivity index (χ1n) is 8.03. The van der Waals surface area contributed by atoms with Gasteiger partial charge >= 0.3 is 0 Å². The van der Waals surface area contributed by atoms with Crippen molar-refractivity contribution in [2.45, 2.75) is 30.1 Å². The molecule has 1 unspecified atom stereocenters. The summed E-state index contributed by atoms with van der Waals surface area (Å²) in [4.78, 5) is 15.9. The molecule has 1 aliphatic heterocycles. The van der Waals surface area contributed by atoms with Gasteiger partial charge in [0.1, 0.15) is 4.90 Å². The average molecular weight is 350 g/mol. The molecule has 3 N–H and O–H groups in total. The van der Waals surface area contributed by atoms with Crippen molar-refractivity contribution < 1.29 is 8.42 Å². The van der Waals surface area contributed by atoms with Crippen LogP contribution in [0.25, 0.3) is 0 Å². The number of nitrogens with one attached hydrogen (secondary N) is 3. The van der Waals surface area contributed by atoms with Crippen LogP contribution in [0.1, 0.15) is 30.1 Å². The number of aromatic nitrogens is 4. The second kappa shape index (κ2) is 7.27. The van der Waals surface area contributed by atoms with Gasteiger partial charge in [0.15, 0.2) is 9.84 Å². The first kappa shape index (κ1) is 16.8. The molecule has 3 rings (SSSR count). The van der Waals surface area contributed by atoms with Gasteiger partial charge in [0.25, 0.3) is 0 Å². The number of H-pyrrole nitrogens is 1. The molecule has 130 valence electrons. The van der Waals surface area contributed by atoms with Crippen LogP contribution in [0.5, 0.6) is 0 Å². The molecule has 0 aromatic carbocycles. The minimum absolute atomic E-state index is 0.0969. The van der Waals surface area contributed by atoms with Crippen molar-refractivity contribution in [2.24, 2.45) is 0 Å². The molecule has 3 heterocycles. The molecule has 1 fully saturated rings. The van der Waals surface area contributed by atoms with E-state index < -0.39 is 9.84 Å². The average Bonchev–Trinajstić information content (AvgIpc) is 3.08. The topological polar surface area (TPSA) is 113 Å². The SMILES string of the molecule is CS(=O)(=O)c1cnc(NCCc2cnc[nH]2)nc1C1CCCNC1. The lowest BCUT2D eigenvalue weighted by atomic mass is 9.96. The number of aromatic amines is 1. The summed E-state index contributed by atoms with van der Waals surface area (Å²) in [6, 6.07) is 0. The first-order valence-corrected chi connectivity index (χ1v) is 9.92. The Morgan fingerprint density at radius 1 is 1.38 bits per heavy atom. The molecule has 0 bridgehead atoms. The van der Waals surface area contributed by atoms with Crippen molar-refractivity contribution >= 4 is 15.8 Å². The number of hydrogen-bond acceptors (Lipinski definition) is 7. The predicted octanol–water partition coefficient (Wildman–Crippen LogP) is 0.725. The maximum Gasteiger partial charge on any atom is 0.222 e. The van der Waals surface area contributed by atoms with Crippen molar-refractivity contribution in [3.8, 4) is 0 Å². The Balaban J connectivity index is 1.78. The molecule has 0 saturated carbocycles. The maximum atomic E-state index is 12.0. The second-order valence-electron chi connectivity index (χ2n) is 6.01. The third-order valence-electron chi connectivity index (χ3n) is 4.10. The third kappa shape index (κ3) is 4.09. The molecule has 2 aromatic heterocycles. The van der Waals surface area contributed by atoms with Gasteiger partial charge < -0.3 is 15.6 Å². The first-order chi connectivity index (χ1) is 11.5. The third-order valence-corrected chi connectivity index (χ3v) is 5.21. The molecule has 24 heavy (non-hydrogen) atoms. The minimum atomic E-state index is -3.35. The number of anilines is 1. The Bertz CT molecular complexity index is 769. The van der Waals surface area contributed by atoms with E-state index in [0.29, 0.717) is 18.2 Å². The number of piperidine rings is 1.